The molecule has 0 aliphatic rings. The van der Waals surface area contributed by atoms with Crippen LogP contribution >= 0.6 is 0 Å². The molecule has 0 saturated carbocycles. The molecule has 0 atom stereocenters. The van der Waals surface area contributed by atoms with Crippen LogP contribution < -0.4 is 10.3 Å². The summed E-state index contributed by atoms with van der Waals surface area (Å²) in [6.45, 7) is 3.69. The van der Waals surface area contributed by atoms with Gasteiger partial charge in [-0.25, -0.2) is 4.98 Å². The topological polar surface area (TPSA) is 55.0 Å². The fourth-order valence-electron chi connectivity index (χ4n) is 1.65. The molecule has 0 amide bonds. The average molecular weight is 230 g/mol. The fourth-order valence-corrected chi connectivity index (χ4v) is 1.65. The molecule has 2 aromatic rings. The largest absolute Gasteiger partial charge is 0.496 e. The number of rotatable bonds is 2. The fraction of sp³-hybridized carbons (Fsp3) is 0.231. The van der Waals surface area contributed by atoms with Gasteiger partial charge in [0.1, 0.15) is 11.4 Å². The Labute approximate surface area is 99.3 Å². The SMILES string of the molecule is COc1ccccc1-c1nc(C)c(C)[nH]c1=O. The number of methoxy groups -OCH3 is 1. The van der Waals surface area contributed by atoms with Gasteiger partial charge in [0.2, 0.25) is 0 Å². The summed E-state index contributed by atoms with van der Waals surface area (Å²) < 4.78 is 5.23. The van der Waals surface area contributed by atoms with Crippen molar-refractivity contribution in [1.82, 2.24) is 9.97 Å². The van der Waals surface area contributed by atoms with Crippen molar-refractivity contribution in [1.29, 1.82) is 0 Å². The van der Waals surface area contributed by atoms with Crippen molar-refractivity contribution in [3.05, 3.63) is 46.0 Å². The molecule has 1 aromatic carbocycles. The first-order chi connectivity index (χ1) is 8.13. The lowest BCUT2D eigenvalue weighted by molar-refractivity contribution is 0.416. The minimum absolute atomic E-state index is 0.197. The zero-order valence-corrected chi connectivity index (χ0v) is 10.1. The Morgan fingerprint density at radius 3 is 2.65 bits per heavy atom. The summed E-state index contributed by atoms with van der Waals surface area (Å²) in [6.07, 6.45) is 0. The van der Waals surface area contributed by atoms with E-state index in [0.717, 1.165) is 11.4 Å². The standard InChI is InChI=1S/C13H14N2O2/c1-8-9(2)15-13(16)12(14-8)10-6-4-5-7-11(10)17-3/h4-7H,1-3H3,(H,15,16). The van der Waals surface area contributed by atoms with Crippen LogP contribution in [0.1, 0.15) is 11.4 Å². The molecular weight excluding hydrogens is 216 g/mol. The van der Waals surface area contributed by atoms with Crippen LogP contribution in [0.2, 0.25) is 0 Å². The van der Waals surface area contributed by atoms with Gasteiger partial charge in [-0.05, 0) is 26.0 Å². The van der Waals surface area contributed by atoms with Crippen LogP contribution in [0.3, 0.4) is 0 Å². The highest BCUT2D eigenvalue weighted by Crippen LogP contribution is 2.25. The van der Waals surface area contributed by atoms with E-state index in [0.29, 0.717) is 17.0 Å². The first-order valence-corrected chi connectivity index (χ1v) is 5.34. The Balaban J connectivity index is 2.69. The first kappa shape index (κ1) is 11.4. The third kappa shape index (κ3) is 2.06. The van der Waals surface area contributed by atoms with E-state index in [4.69, 9.17) is 4.74 Å². The Morgan fingerprint density at radius 1 is 1.24 bits per heavy atom. The van der Waals surface area contributed by atoms with E-state index >= 15 is 0 Å². The van der Waals surface area contributed by atoms with Gasteiger partial charge < -0.3 is 9.72 Å². The normalized spacial score (nSPS) is 10.3. The molecule has 4 heteroatoms. The zero-order valence-electron chi connectivity index (χ0n) is 10.1. The van der Waals surface area contributed by atoms with Gasteiger partial charge in [0.15, 0.2) is 0 Å². The predicted molar refractivity (Wildman–Crippen MR) is 66.3 cm³/mol. The molecule has 2 rings (SSSR count). The summed E-state index contributed by atoms with van der Waals surface area (Å²) in [6, 6.07) is 7.35. The third-order valence-corrected chi connectivity index (χ3v) is 2.70. The van der Waals surface area contributed by atoms with Crippen molar-refractivity contribution >= 4 is 0 Å². The van der Waals surface area contributed by atoms with Crippen molar-refractivity contribution in [2.75, 3.05) is 7.11 Å². The minimum atomic E-state index is -0.197. The zero-order chi connectivity index (χ0) is 12.4. The monoisotopic (exact) mass is 230 g/mol. The van der Waals surface area contributed by atoms with Gasteiger partial charge in [-0.3, -0.25) is 4.79 Å². The third-order valence-electron chi connectivity index (χ3n) is 2.70. The van der Waals surface area contributed by atoms with Crippen LogP contribution in [-0.2, 0) is 0 Å². The van der Waals surface area contributed by atoms with Crippen LogP contribution in [0.5, 0.6) is 5.75 Å². The summed E-state index contributed by atoms with van der Waals surface area (Å²) in [5.74, 6) is 0.647. The quantitative estimate of drug-likeness (QED) is 0.859. The molecule has 4 nitrogen and oxygen atoms in total. The van der Waals surface area contributed by atoms with E-state index in [2.05, 4.69) is 9.97 Å². The maximum atomic E-state index is 11.9. The van der Waals surface area contributed by atoms with Crippen molar-refractivity contribution in [2.24, 2.45) is 0 Å². The molecule has 0 aliphatic heterocycles. The van der Waals surface area contributed by atoms with Gasteiger partial charge in [0.05, 0.1) is 12.8 Å². The van der Waals surface area contributed by atoms with Crippen LogP contribution in [-0.4, -0.2) is 17.1 Å². The molecule has 1 N–H and O–H groups in total. The van der Waals surface area contributed by atoms with Gasteiger partial charge >= 0.3 is 0 Å². The molecule has 0 saturated heterocycles. The van der Waals surface area contributed by atoms with Crippen molar-refractivity contribution in [3.8, 4) is 17.0 Å². The van der Waals surface area contributed by atoms with Gasteiger partial charge in [-0.1, -0.05) is 12.1 Å². The highest BCUT2D eigenvalue weighted by molar-refractivity contribution is 5.66. The van der Waals surface area contributed by atoms with E-state index in [1.165, 1.54) is 0 Å². The number of benzene rings is 1. The van der Waals surface area contributed by atoms with Gasteiger partial charge in [0.25, 0.3) is 5.56 Å². The number of nitrogens with zero attached hydrogens (tertiary/aromatic N) is 1. The number of aryl methyl sites for hydroxylation is 2. The molecule has 88 valence electrons. The molecule has 1 aromatic heterocycles. The Morgan fingerprint density at radius 2 is 1.94 bits per heavy atom. The summed E-state index contributed by atoms with van der Waals surface area (Å²) in [5, 5.41) is 0. The second-order valence-electron chi connectivity index (χ2n) is 3.83. The average Bonchev–Trinajstić information content (AvgIpc) is 2.34. The molecule has 1 heterocycles. The highest BCUT2D eigenvalue weighted by atomic mass is 16.5. The number of para-hydroxylation sites is 1. The van der Waals surface area contributed by atoms with E-state index < -0.39 is 0 Å². The maximum Gasteiger partial charge on any atom is 0.274 e. The number of nitrogens with one attached hydrogen (secondary N) is 1. The second kappa shape index (κ2) is 4.41. The van der Waals surface area contributed by atoms with Crippen molar-refractivity contribution in [2.45, 2.75) is 13.8 Å². The Kier molecular flexibility index (Phi) is 2.95. The van der Waals surface area contributed by atoms with Crippen LogP contribution in [0.4, 0.5) is 0 Å². The van der Waals surface area contributed by atoms with Crippen LogP contribution in [0, 0.1) is 13.8 Å². The van der Waals surface area contributed by atoms with Crippen LogP contribution in [0.25, 0.3) is 11.3 Å². The number of ether oxygens (including phenoxy) is 1. The predicted octanol–water partition coefficient (Wildman–Crippen LogP) is 2.06. The van der Waals surface area contributed by atoms with Crippen molar-refractivity contribution in [3.63, 3.8) is 0 Å². The first-order valence-electron chi connectivity index (χ1n) is 5.34. The smallest absolute Gasteiger partial charge is 0.274 e. The molecule has 17 heavy (non-hydrogen) atoms. The maximum absolute atomic E-state index is 11.9. The molecule has 0 spiro atoms. The number of aromatic nitrogens is 2. The minimum Gasteiger partial charge on any atom is -0.496 e. The molecule has 0 unspecified atom stereocenters. The highest BCUT2D eigenvalue weighted by Gasteiger charge is 2.11. The molecule has 0 aliphatic carbocycles. The molecule has 0 bridgehead atoms. The molecule has 0 radical (unpaired) electrons. The summed E-state index contributed by atoms with van der Waals surface area (Å²) in [7, 11) is 1.58. The van der Waals surface area contributed by atoms with Crippen molar-refractivity contribution < 1.29 is 4.74 Å². The summed E-state index contributed by atoms with van der Waals surface area (Å²) in [4.78, 5) is 19.0. The molecule has 0 fully saturated rings. The van der Waals surface area contributed by atoms with E-state index in [9.17, 15) is 4.79 Å². The number of hydrogen-bond donors (Lipinski definition) is 1. The van der Waals surface area contributed by atoms with Gasteiger partial charge in [0, 0.05) is 11.3 Å². The number of H-pyrrole nitrogens is 1. The summed E-state index contributed by atoms with van der Waals surface area (Å²) in [5.41, 5.74) is 2.50. The lowest BCUT2D eigenvalue weighted by atomic mass is 10.1. The lowest BCUT2D eigenvalue weighted by Crippen LogP contribution is -2.14. The van der Waals surface area contributed by atoms with Crippen LogP contribution in [0.15, 0.2) is 29.1 Å². The van der Waals surface area contributed by atoms with Gasteiger partial charge in [-0.15, -0.1) is 0 Å². The summed E-state index contributed by atoms with van der Waals surface area (Å²) >= 11 is 0. The van der Waals surface area contributed by atoms with Gasteiger partial charge in [-0.2, -0.15) is 0 Å². The number of aromatic amines is 1. The number of hydrogen-bond acceptors (Lipinski definition) is 3. The van der Waals surface area contributed by atoms with E-state index in [1.807, 2.05) is 38.1 Å². The molecular formula is C13H14N2O2. The lowest BCUT2D eigenvalue weighted by Gasteiger charge is -2.08. The second-order valence-corrected chi connectivity index (χ2v) is 3.83. The Bertz CT molecular complexity index is 603. The van der Waals surface area contributed by atoms with E-state index in [-0.39, 0.29) is 5.56 Å². The van der Waals surface area contributed by atoms with E-state index in [1.54, 1.807) is 7.11 Å². The Hall–Kier alpha value is -2.10.